The second kappa shape index (κ2) is 9.91. The molecule has 0 saturated heterocycles. The maximum atomic E-state index is 11.3. The number of hydrogen-bond donors (Lipinski definition) is 1. The summed E-state index contributed by atoms with van der Waals surface area (Å²) in [5.74, 6) is 0. The maximum absolute atomic E-state index is 11.3. The Hall–Kier alpha value is 1.36. The van der Waals surface area contributed by atoms with Crippen molar-refractivity contribution in [2.24, 2.45) is 0 Å². The summed E-state index contributed by atoms with van der Waals surface area (Å²) in [6, 6.07) is 0.708. The quantitative estimate of drug-likeness (QED) is 0.344. The van der Waals surface area contributed by atoms with E-state index >= 15 is 0 Å². The van der Waals surface area contributed by atoms with Crippen LogP contribution < -0.4 is 88.7 Å². The largest absolute Gasteiger partial charge is 1.00 e. The Morgan fingerprint density at radius 1 is 0.808 bits per heavy atom. The molecule has 0 fully saturated rings. The van der Waals surface area contributed by atoms with E-state index in [0.717, 1.165) is 6.08 Å². The smallest absolute Gasteiger partial charge is 0.744 e. The van der Waals surface area contributed by atoms with Gasteiger partial charge in [-0.15, -0.1) is 0 Å². The van der Waals surface area contributed by atoms with Gasteiger partial charge in [0.05, 0.1) is 14.7 Å². The van der Waals surface area contributed by atoms with Gasteiger partial charge in [0.25, 0.3) is 0 Å². The molecule has 0 spiro atoms. The molecule has 1 aliphatic rings. The van der Waals surface area contributed by atoms with Crippen molar-refractivity contribution >= 4 is 41.0 Å². The van der Waals surface area contributed by atoms with Crippen LogP contribution >= 0.6 is 0 Å². The minimum absolute atomic E-state index is 0. The predicted molar refractivity (Wildman–Crippen MR) is 71.5 cm³/mol. The van der Waals surface area contributed by atoms with E-state index in [0.29, 0.717) is 6.07 Å². The number of hydrogen-bond acceptors (Lipinski definition) is 10. The van der Waals surface area contributed by atoms with Gasteiger partial charge in [0.2, 0.25) is 0 Å². The molecule has 1 aromatic rings. The molecule has 1 aromatic carbocycles. The van der Waals surface area contributed by atoms with Crippen LogP contribution in [0.3, 0.4) is 0 Å². The first kappa shape index (κ1) is 29.6. The van der Waals surface area contributed by atoms with Crippen LogP contribution in [0.2, 0.25) is 0 Å². The maximum Gasteiger partial charge on any atom is 1.00 e. The van der Waals surface area contributed by atoms with Gasteiger partial charge >= 0.3 is 88.7 Å². The van der Waals surface area contributed by atoms with E-state index in [9.17, 15) is 38.9 Å². The standard InChI is InChI=1S/C10H9NO9S3.3Na/c11-7-1-2-8(22(15,16)17)6-3-5(21(12,13)14)4-9(10(6)7)23(18,19)20;;;/h2-4,11H,1H2,(H,12,13,14)(H,15,16,17)(H,18,19,20);;;/q;3*+1/p-3. The average molecular weight is 449 g/mol. The molecular formula is C10H6NNa3O9S3. The Morgan fingerprint density at radius 3 is 1.69 bits per heavy atom. The molecule has 0 amide bonds. The molecule has 0 aliphatic heterocycles. The summed E-state index contributed by atoms with van der Waals surface area (Å²) in [6.07, 6.45) is 0.311. The van der Waals surface area contributed by atoms with Gasteiger partial charge in [0.15, 0.2) is 0 Å². The first-order valence-corrected chi connectivity index (χ1v) is 9.79. The van der Waals surface area contributed by atoms with Crippen LogP contribution in [0.5, 0.6) is 0 Å². The summed E-state index contributed by atoms with van der Waals surface area (Å²) in [6.45, 7) is 0. The van der Waals surface area contributed by atoms with Gasteiger partial charge in [-0.05, 0) is 12.1 Å². The zero-order chi connectivity index (χ0) is 17.8. The Balaban J connectivity index is 0. The summed E-state index contributed by atoms with van der Waals surface area (Å²) in [5.41, 5.74) is -2.00. The van der Waals surface area contributed by atoms with E-state index in [-0.39, 0.29) is 94.7 Å². The van der Waals surface area contributed by atoms with Gasteiger partial charge in [-0.2, -0.15) is 0 Å². The number of fused-ring (bicyclic) bond motifs is 1. The van der Waals surface area contributed by atoms with Crippen molar-refractivity contribution in [1.82, 2.24) is 0 Å². The van der Waals surface area contributed by atoms with Crippen LogP contribution in [0, 0.1) is 5.41 Å². The second-order valence-electron chi connectivity index (χ2n) is 4.46. The zero-order valence-electron chi connectivity index (χ0n) is 13.8. The summed E-state index contributed by atoms with van der Waals surface area (Å²) >= 11 is 0. The molecule has 16 heteroatoms. The molecule has 26 heavy (non-hydrogen) atoms. The summed E-state index contributed by atoms with van der Waals surface area (Å²) in [7, 11) is -15.8. The molecular weight excluding hydrogens is 443 g/mol. The SMILES string of the molecule is N=C1CC=C(S(=O)(=O)[O-])c2cc(S(=O)(=O)[O-])cc(S(=O)(=O)[O-])c21.[Na+].[Na+].[Na+]. The Kier molecular flexibility index (Phi) is 11.3. The van der Waals surface area contributed by atoms with Crippen LogP contribution in [0.4, 0.5) is 0 Å². The number of allylic oxidation sites excluding steroid dienone is 1. The van der Waals surface area contributed by atoms with Gasteiger partial charge in [0, 0.05) is 23.3 Å². The molecule has 0 atom stereocenters. The van der Waals surface area contributed by atoms with Crippen LogP contribution in [-0.4, -0.2) is 44.6 Å². The molecule has 0 aromatic heterocycles. The molecule has 2 rings (SSSR count). The molecule has 0 unspecified atom stereocenters. The number of rotatable bonds is 3. The average Bonchev–Trinajstić information content (AvgIpc) is 2.34. The molecule has 0 radical (unpaired) electrons. The molecule has 126 valence electrons. The number of benzene rings is 1. The molecule has 1 N–H and O–H groups in total. The fraction of sp³-hybridized carbons (Fsp3) is 0.100. The zero-order valence-corrected chi connectivity index (χ0v) is 22.3. The van der Waals surface area contributed by atoms with Crippen LogP contribution in [0.15, 0.2) is 28.0 Å². The molecule has 0 saturated carbocycles. The molecule has 1 aliphatic carbocycles. The fourth-order valence-electron chi connectivity index (χ4n) is 2.08. The third kappa shape index (κ3) is 6.43. The van der Waals surface area contributed by atoms with Crippen molar-refractivity contribution in [3.8, 4) is 0 Å². The van der Waals surface area contributed by atoms with Crippen LogP contribution in [0.25, 0.3) is 4.91 Å². The van der Waals surface area contributed by atoms with Crippen molar-refractivity contribution in [2.75, 3.05) is 0 Å². The van der Waals surface area contributed by atoms with Crippen molar-refractivity contribution in [3.63, 3.8) is 0 Å². The van der Waals surface area contributed by atoms with E-state index in [2.05, 4.69) is 0 Å². The minimum Gasteiger partial charge on any atom is -0.744 e. The molecule has 0 bridgehead atoms. The van der Waals surface area contributed by atoms with Crippen LogP contribution in [-0.2, 0) is 30.4 Å². The summed E-state index contributed by atoms with van der Waals surface area (Å²) < 4.78 is 101. The van der Waals surface area contributed by atoms with E-state index in [1.54, 1.807) is 0 Å². The Morgan fingerprint density at radius 2 is 1.31 bits per heavy atom. The predicted octanol–water partition coefficient (Wildman–Crippen LogP) is -9.84. The third-order valence-electron chi connectivity index (χ3n) is 2.96. The summed E-state index contributed by atoms with van der Waals surface area (Å²) in [5, 5.41) is 7.64. The van der Waals surface area contributed by atoms with E-state index in [1.807, 2.05) is 0 Å². The van der Waals surface area contributed by atoms with Gasteiger partial charge in [-0.3, -0.25) is 0 Å². The number of nitrogens with one attached hydrogen (secondary N) is 1. The topological polar surface area (TPSA) is 195 Å². The third-order valence-corrected chi connectivity index (χ3v) is 5.56. The van der Waals surface area contributed by atoms with E-state index in [1.165, 1.54) is 0 Å². The van der Waals surface area contributed by atoms with Gasteiger partial charge in [-0.1, -0.05) is 6.08 Å². The second-order valence-corrected chi connectivity index (χ2v) is 8.53. The molecule has 0 heterocycles. The van der Waals surface area contributed by atoms with Crippen molar-refractivity contribution < 1.29 is 128 Å². The van der Waals surface area contributed by atoms with Gasteiger partial charge in [0.1, 0.15) is 30.4 Å². The van der Waals surface area contributed by atoms with E-state index in [4.69, 9.17) is 5.41 Å². The van der Waals surface area contributed by atoms with Crippen molar-refractivity contribution in [1.29, 1.82) is 5.41 Å². The van der Waals surface area contributed by atoms with Gasteiger partial charge < -0.3 is 19.1 Å². The van der Waals surface area contributed by atoms with Gasteiger partial charge in [-0.25, -0.2) is 25.3 Å². The van der Waals surface area contributed by atoms with Crippen molar-refractivity contribution in [2.45, 2.75) is 16.2 Å². The summed E-state index contributed by atoms with van der Waals surface area (Å²) in [4.78, 5) is -3.45. The van der Waals surface area contributed by atoms with E-state index < -0.39 is 68.3 Å². The van der Waals surface area contributed by atoms with Crippen LogP contribution in [0.1, 0.15) is 17.5 Å². The fourth-order valence-corrected chi connectivity index (χ4v) is 4.15. The first-order chi connectivity index (χ1) is 10.2. The Labute approximate surface area is 216 Å². The normalized spacial score (nSPS) is 14.1. The monoisotopic (exact) mass is 449 g/mol. The Bertz CT molecular complexity index is 1080. The minimum atomic E-state index is -5.35. The first-order valence-electron chi connectivity index (χ1n) is 5.57. The molecule has 10 nitrogen and oxygen atoms in total. The van der Waals surface area contributed by atoms with Crippen molar-refractivity contribution in [3.05, 3.63) is 29.3 Å².